The van der Waals surface area contributed by atoms with Gasteiger partial charge in [-0.3, -0.25) is 23.9 Å². The summed E-state index contributed by atoms with van der Waals surface area (Å²) in [7, 11) is -0.270. The lowest BCUT2D eigenvalue weighted by atomic mass is 10.1. The van der Waals surface area contributed by atoms with Crippen molar-refractivity contribution in [2.75, 3.05) is 46.2 Å². The van der Waals surface area contributed by atoms with Crippen LogP contribution >= 0.6 is 0 Å². The first kappa shape index (κ1) is 42.1. The van der Waals surface area contributed by atoms with Crippen LogP contribution in [0.2, 0.25) is 0 Å². The molecule has 0 aliphatic carbocycles. The third kappa shape index (κ3) is 12.1. The molecule has 1 amide bonds. The van der Waals surface area contributed by atoms with Crippen molar-refractivity contribution in [1.82, 2.24) is 19.8 Å². The number of ether oxygens (including phenoxy) is 8. The number of carbonyl (C=O) groups excluding carboxylic acids is 2. The zero-order valence-corrected chi connectivity index (χ0v) is 31.0. The summed E-state index contributed by atoms with van der Waals surface area (Å²) in [5, 5.41) is 2.63. The quantitative estimate of drug-likeness (QED) is 0.224. The van der Waals surface area contributed by atoms with Crippen molar-refractivity contribution in [1.29, 1.82) is 0 Å². The van der Waals surface area contributed by atoms with Gasteiger partial charge in [0.1, 0.15) is 55.0 Å². The van der Waals surface area contributed by atoms with Crippen LogP contribution in [0, 0.1) is 0 Å². The Kier molecular flexibility index (Phi) is 15.7. The number of rotatable bonds is 16. The Morgan fingerprint density at radius 3 is 1.96 bits per heavy atom. The first-order chi connectivity index (χ1) is 23.9. The number of sulfone groups is 1. The van der Waals surface area contributed by atoms with E-state index in [0.29, 0.717) is 5.82 Å². The van der Waals surface area contributed by atoms with E-state index in [1.807, 2.05) is 27.7 Å². The number of hydrogen-bond donors (Lipinski definition) is 2. The molecule has 1 aromatic heterocycles. The van der Waals surface area contributed by atoms with Crippen LogP contribution in [0.1, 0.15) is 40.8 Å². The van der Waals surface area contributed by atoms with Crippen LogP contribution in [0.4, 0.5) is 0 Å². The van der Waals surface area contributed by atoms with Gasteiger partial charge in [0.2, 0.25) is 0 Å². The lowest BCUT2D eigenvalue weighted by molar-refractivity contribution is -0.126. The fraction of sp³-hybridized carbons (Fsp3) is 0.688. The number of amides is 1. The molecule has 0 bridgehead atoms. The predicted octanol–water partition coefficient (Wildman–Crippen LogP) is -0.196. The minimum Gasteiger partial charge on any atom is -0.374 e. The number of hydrogen-bond acceptors (Lipinski definition) is 15. The summed E-state index contributed by atoms with van der Waals surface area (Å²) in [6.07, 6.45) is 0.611. The van der Waals surface area contributed by atoms with Gasteiger partial charge >= 0.3 is 5.69 Å². The van der Waals surface area contributed by atoms with Crippen molar-refractivity contribution >= 4 is 21.5 Å². The molecule has 0 saturated carbocycles. The van der Waals surface area contributed by atoms with E-state index in [2.05, 4.69) is 16.9 Å². The Balaban J connectivity index is 0.000000276. The van der Waals surface area contributed by atoms with Gasteiger partial charge in [0.05, 0.1) is 25.4 Å². The molecule has 18 nitrogen and oxygen atoms in total. The second kappa shape index (κ2) is 19.0. The average Bonchev–Trinajstić information content (AvgIpc) is 3.52. The summed E-state index contributed by atoms with van der Waals surface area (Å²) in [5.41, 5.74) is -1.17. The van der Waals surface area contributed by atoms with Crippen molar-refractivity contribution < 1.29 is 55.9 Å². The number of carbonyl (C=O) groups is 2. The molecule has 8 atom stereocenters. The van der Waals surface area contributed by atoms with E-state index >= 15 is 0 Å². The highest BCUT2D eigenvalue weighted by Gasteiger charge is 2.50. The van der Waals surface area contributed by atoms with E-state index in [0.717, 1.165) is 6.26 Å². The highest BCUT2D eigenvalue weighted by molar-refractivity contribution is 7.90. The molecule has 2 N–H and O–H groups in total. The number of H-pyrrole nitrogens is 1. The number of aromatic amines is 1. The Hall–Kier alpha value is -3.27. The van der Waals surface area contributed by atoms with E-state index in [-0.39, 0.29) is 49.8 Å². The molecule has 3 aliphatic rings. The second-order valence-corrected chi connectivity index (χ2v) is 14.7. The van der Waals surface area contributed by atoms with Crippen molar-refractivity contribution in [2.45, 2.75) is 95.9 Å². The van der Waals surface area contributed by atoms with Gasteiger partial charge in [-0.2, -0.15) is 0 Å². The van der Waals surface area contributed by atoms with Gasteiger partial charge in [-0.15, -0.1) is 0 Å². The molecular formula is C32H50N4O14S. The molecule has 19 heteroatoms. The fourth-order valence-electron chi connectivity index (χ4n) is 5.58. The third-order valence-electron chi connectivity index (χ3n) is 7.51. The smallest absolute Gasteiger partial charge is 0.330 e. The van der Waals surface area contributed by atoms with E-state index in [1.54, 1.807) is 18.2 Å². The van der Waals surface area contributed by atoms with Crippen LogP contribution in [0.25, 0.3) is 0 Å². The molecule has 4 rings (SSSR count). The van der Waals surface area contributed by atoms with Gasteiger partial charge in [-0.25, -0.2) is 13.2 Å². The summed E-state index contributed by atoms with van der Waals surface area (Å²) >= 11 is 0. The zero-order chi connectivity index (χ0) is 38.0. The van der Waals surface area contributed by atoms with Crippen molar-refractivity contribution in [3.63, 3.8) is 0 Å². The number of ketones is 1. The van der Waals surface area contributed by atoms with Crippen LogP contribution in [-0.2, 0) is 57.3 Å². The Labute approximate surface area is 296 Å². The number of nitrogens with zero attached hydrogens (tertiary/aromatic N) is 2. The molecule has 51 heavy (non-hydrogen) atoms. The molecule has 0 spiro atoms. The molecule has 1 aromatic rings. The van der Waals surface area contributed by atoms with Gasteiger partial charge in [0.25, 0.3) is 11.5 Å². The van der Waals surface area contributed by atoms with Crippen LogP contribution in [0.3, 0.4) is 0 Å². The number of methoxy groups -OCH3 is 2. The predicted molar refractivity (Wildman–Crippen MR) is 181 cm³/mol. The van der Waals surface area contributed by atoms with Gasteiger partial charge in [0, 0.05) is 45.0 Å². The molecule has 3 aliphatic heterocycles. The minimum absolute atomic E-state index is 0.0168. The second-order valence-electron chi connectivity index (χ2n) is 12.6. The Bertz CT molecular complexity index is 1590. The Morgan fingerprint density at radius 1 is 0.922 bits per heavy atom. The lowest BCUT2D eigenvalue weighted by Gasteiger charge is -2.34. The number of Topliss-reactive ketones (excluding diaryl/α,β-unsaturated/α-hetero) is 1. The lowest BCUT2D eigenvalue weighted by Crippen LogP contribution is -2.48. The van der Waals surface area contributed by atoms with Crippen molar-refractivity contribution in [2.24, 2.45) is 0 Å². The monoisotopic (exact) mass is 746 g/mol. The first-order valence-corrected chi connectivity index (χ1v) is 18.3. The number of nitrogens with one attached hydrogen (secondary N) is 2. The van der Waals surface area contributed by atoms with E-state index in [4.69, 9.17) is 37.9 Å². The SMILES string of the molecule is C=C1NC(=O)C=CN1[C@@H]1O[C@H](COCC(C)=O)[C@@H](OC(C)C)[C@H]1OC.CO[C@@H]1[C@H](OC(C)C)[C@@H](COCS(C)(=O)=O)O[C@H]1n1ccc(=O)[nH]c1=O. The molecule has 4 heterocycles. The van der Waals surface area contributed by atoms with E-state index < -0.39 is 70.0 Å². The first-order valence-electron chi connectivity index (χ1n) is 16.2. The van der Waals surface area contributed by atoms with Crippen LogP contribution in [-0.4, -0.2) is 136 Å². The summed E-state index contributed by atoms with van der Waals surface area (Å²) in [4.78, 5) is 49.7. The maximum atomic E-state index is 12.1. The molecule has 2 saturated heterocycles. The van der Waals surface area contributed by atoms with Crippen LogP contribution in [0.15, 0.2) is 46.5 Å². The molecule has 2 fully saturated rings. The van der Waals surface area contributed by atoms with E-state index in [9.17, 15) is 27.6 Å². The third-order valence-corrected chi connectivity index (χ3v) is 8.10. The minimum atomic E-state index is -3.30. The molecule has 0 aromatic carbocycles. The van der Waals surface area contributed by atoms with Crippen LogP contribution < -0.4 is 16.6 Å². The molecule has 0 unspecified atom stereocenters. The summed E-state index contributed by atoms with van der Waals surface area (Å²) in [6.45, 7) is 13.0. The average molecular weight is 747 g/mol. The fourth-order valence-corrected chi connectivity index (χ4v) is 5.98. The van der Waals surface area contributed by atoms with Gasteiger partial charge < -0.3 is 48.1 Å². The largest absolute Gasteiger partial charge is 0.374 e. The standard InChI is InChI=1S/C17H26N2O6.C15H24N2O8S/c1-10(2)24-15-13(9-23-8-11(3)20)25-17(16(15)22-5)19-7-6-14(21)18-12(19)4;1-9(2)24-12-10(7-23-8-26(4,20)21)25-14(13(12)22-3)17-6-5-11(18)16-15(17)19/h6-7,10,13,15-17H,4,8-9H2,1-3,5H3,(H,18,21);5-6,9-10,12-14H,7-8H2,1-4H3,(H,16,18,19)/t13-,15-,16-,17-;10-,12-,13-,14-/m11/s1. The van der Waals surface area contributed by atoms with Gasteiger partial charge in [-0.05, 0) is 34.6 Å². The van der Waals surface area contributed by atoms with Crippen LogP contribution in [0.5, 0.6) is 0 Å². The maximum absolute atomic E-state index is 12.1. The molecular weight excluding hydrogens is 696 g/mol. The van der Waals surface area contributed by atoms with Crippen molar-refractivity contribution in [3.05, 3.63) is 57.8 Å². The highest BCUT2D eigenvalue weighted by atomic mass is 32.2. The zero-order valence-electron chi connectivity index (χ0n) is 30.1. The number of aromatic nitrogens is 2. The topological polar surface area (TPSA) is 212 Å². The molecule has 0 radical (unpaired) electrons. The van der Waals surface area contributed by atoms with Crippen molar-refractivity contribution in [3.8, 4) is 0 Å². The normalized spacial score (nSPS) is 27.9. The molecule has 288 valence electrons. The van der Waals surface area contributed by atoms with Gasteiger partial charge in [-0.1, -0.05) is 6.58 Å². The van der Waals surface area contributed by atoms with E-state index in [1.165, 1.54) is 36.9 Å². The summed E-state index contributed by atoms with van der Waals surface area (Å²) in [5.74, 6) is -0.366. The highest BCUT2D eigenvalue weighted by Crippen LogP contribution is 2.34. The summed E-state index contributed by atoms with van der Waals surface area (Å²) in [6, 6.07) is 1.20. The maximum Gasteiger partial charge on any atom is 0.330 e. The van der Waals surface area contributed by atoms with Gasteiger partial charge in [0.15, 0.2) is 28.1 Å². The Morgan fingerprint density at radius 2 is 1.47 bits per heavy atom. The summed E-state index contributed by atoms with van der Waals surface area (Å²) < 4.78 is 69.2.